The molecule has 5 nitrogen and oxygen atoms in total. The minimum absolute atomic E-state index is 0.128. The highest BCUT2D eigenvalue weighted by Gasteiger charge is 2.53. The quantitative estimate of drug-likeness (QED) is 0.745. The van der Waals surface area contributed by atoms with E-state index in [1.165, 1.54) is 31.2 Å². The summed E-state index contributed by atoms with van der Waals surface area (Å²) in [6.07, 6.45) is 5.19. The standard InChI is InChI=1S/C24H28ClN3O2/c25-17-9-11-18(12-10-17)26-24(30)28-14-21-23(19-7-3-4-8-20(19)28)22(15-29)27(21)13-16-5-1-2-6-16/h3-4,7-12,16,21-23,29H,1-2,5-6,13-15H2,(H,26,30)/t21-,22-,23+/m1/s1. The smallest absolute Gasteiger partial charge is 0.326 e. The molecule has 0 spiro atoms. The molecular weight excluding hydrogens is 398 g/mol. The van der Waals surface area contributed by atoms with Crippen LogP contribution in [0.3, 0.4) is 0 Å². The first-order valence-electron chi connectivity index (χ1n) is 11.0. The number of carbonyl (C=O) groups excluding carboxylic acids is 1. The molecule has 1 aliphatic carbocycles. The number of anilines is 2. The van der Waals surface area contributed by atoms with E-state index in [0.717, 1.165) is 17.9 Å². The second kappa shape index (κ2) is 8.22. The van der Waals surface area contributed by atoms with Crippen molar-refractivity contribution < 1.29 is 9.90 Å². The van der Waals surface area contributed by atoms with Gasteiger partial charge in [0.25, 0.3) is 0 Å². The van der Waals surface area contributed by atoms with Crippen LogP contribution >= 0.6 is 11.6 Å². The average Bonchev–Trinajstić information content (AvgIpc) is 3.27. The number of urea groups is 1. The number of amides is 2. The van der Waals surface area contributed by atoms with Crippen LogP contribution in [0.15, 0.2) is 48.5 Å². The van der Waals surface area contributed by atoms with E-state index in [-0.39, 0.29) is 30.6 Å². The number of fused-ring (bicyclic) bond motifs is 3. The summed E-state index contributed by atoms with van der Waals surface area (Å²) in [5.41, 5.74) is 2.85. The summed E-state index contributed by atoms with van der Waals surface area (Å²) in [5.74, 6) is 1.00. The Labute approximate surface area is 182 Å². The Morgan fingerprint density at radius 2 is 1.83 bits per heavy atom. The van der Waals surface area contributed by atoms with E-state index >= 15 is 0 Å². The maximum absolute atomic E-state index is 13.2. The van der Waals surface area contributed by atoms with Crippen LogP contribution in [0.5, 0.6) is 0 Å². The molecule has 1 saturated heterocycles. The third-order valence-electron chi connectivity index (χ3n) is 7.11. The van der Waals surface area contributed by atoms with Crippen molar-refractivity contribution in [3.8, 4) is 0 Å². The monoisotopic (exact) mass is 425 g/mol. The van der Waals surface area contributed by atoms with Crippen LogP contribution < -0.4 is 10.2 Å². The highest BCUT2D eigenvalue weighted by molar-refractivity contribution is 6.30. The third kappa shape index (κ3) is 3.49. The predicted octanol–water partition coefficient (Wildman–Crippen LogP) is 4.71. The van der Waals surface area contributed by atoms with Gasteiger partial charge in [-0.15, -0.1) is 0 Å². The Morgan fingerprint density at radius 3 is 2.57 bits per heavy atom. The van der Waals surface area contributed by atoms with Crippen molar-refractivity contribution in [2.24, 2.45) is 5.92 Å². The lowest BCUT2D eigenvalue weighted by Crippen LogP contribution is -2.70. The molecule has 2 aliphatic heterocycles. The number of benzene rings is 2. The van der Waals surface area contributed by atoms with Gasteiger partial charge in [0.05, 0.1) is 6.61 Å². The fraction of sp³-hybridized carbons (Fsp3) is 0.458. The fourth-order valence-corrected chi connectivity index (χ4v) is 5.77. The number of likely N-dealkylation sites (tertiary alicyclic amines) is 1. The molecule has 30 heavy (non-hydrogen) atoms. The zero-order chi connectivity index (χ0) is 20.7. The molecule has 2 N–H and O–H groups in total. The lowest BCUT2D eigenvalue weighted by molar-refractivity contribution is -0.0509. The van der Waals surface area contributed by atoms with Gasteiger partial charge in [0, 0.05) is 47.5 Å². The molecule has 6 heteroatoms. The Bertz CT molecular complexity index is 913. The van der Waals surface area contributed by atoms with Gasteiger partial charge in [-0.2, -0.15) is 0 Å². The maximum Gasteiger partial charge on any atom is 0.326 e. The zero-order valence-electron chi connectivity index (χ0n) is 17.0. The number of carbonyl (C=O) groups is 1. The van der Waals surface area contributed by atoms with Crippen LogP contribution in [0.25, 0.3) is 0 Å². The Morgan fingerprint density at radius 1 is 1.10 bits per heavy atom. The van der Waals surface area contributed by atoms with Crippen LogP contribution in [0, 0.1) is 5.92 Å². The Hall–Kier alpha value is -2.08. The number of hydrogen-bond donors (Lipinski definition) is 2. The number of halogens is 1. The maximum atomic E-state index is 13.2. The van der Waals surface area contributed by atoms with E-state index < -0.39 is 0 Å². The lowest BCUT2D eigenvalue weighted by Gasteiger charge is -2.59. The lowest BCUT2D eigenvalue weighted by atomic mass is 9.71. The summed E-state index contributed by atoms with van der Waals surface area (Å²) in [5, 5.41) is 13.8. The molecule has 0 aromatic heterocycles. The molecule has 1 saturated carbocycles. The largest absolute Gasteiger partial charge is 0.395 e. The van der Waals surface area contributed by atoms with Crippen LogP contribution in [-0.2, 0) is 0 Å². The number of rotatable bonds is 4. The molecule has 158 valence electrons. The molecular formula is C24H28ClN3O2. The van der Waals surface area contributed by atoms with Gasteiger partial charge in [-0.05, 0) is 54.7 Å². The number of aliphatic hydroxyl groups excluding tert-OH is 1. The summed E-state index contributed by atoms with van der Waals surface area (Å²) >= 11 is 5.97. The minimum Gasteiger partial charge on any atom is -0.395 e. The van der Waals surface area contributed by atoms with E-state index in [1.54, 1.807) is 12.1 Å². The molecule has 2 aromatic rings. The average molecular weight is 426 g/mol. The topological polar surface area (TPSA) is 55.8 Å². The highest BCUT2D eigenvalue weighted by atomic mass is 35.5. The van der Waals surface area contributed by atoms with Gasteiger partial charge >= 0.3 is 6.03 Å². The van der Waals surface area contributed by atoms with Gasteiger partial charge in [0.15, 0.2) is 0 Å². The summed E-state index contributed by atoms with van der Waals surface area (Å²) in [4.78, 5) is 17.5. The molecule has 0 radical (unpaired) electrons. The molecule has 2 fully saturated rings. The second-order valence-corrected chi connectivity index (χ2v) is 9.23. The summed E-state index contributed by atoms with van der Waals surface area (Å²) in [7, 11) is 0. The van der Waals surface area contributed by atoms with Crippen molar-refractivity contribution in [2.75, 3.05) is 29.9 Å². The number of aliphatic hydroxyl groups is 1. The summed E-state index contributed by atoms with van der Waals surface area (Å²) < 4.78 is 0. The Balaban J connectivity index is 1.40. The van der Waals surface area contributed by atoms with Gasteiger partial charge in [0.2, 0.25) is 0 Å². The van der Waals surface area contributed by atoms with Crippen LogP contribution in [0.4, 0.5) is 16.2 Å². The minimum atomic E-state index is -0.128. The highest BCUT2D eigenvalue weighted by Crippen LogP contribution is 2.49. The predicted molar refractivity (Wildman–Crippen MR) is 120 cm³/mol. The van der Waals surface area contributed by atoms with E-state index in [0.29, 0.717) is 17.5 Å². The van der Waals surface area contributed by atoms with E-state index in [9.17, 15) is 9.90 Å². The molecule has 2 amide bonds. The van der Waals surface area contributed by atoms with Crippen LogP contribution in [0.2, 0.25) is 5.02 Å². The molecule has 5 rings (SSSR count). The fourth-order valence-electron chi connectivity index (χ4n) is 5.64. The molecule has 0 bridgehead atoms. The number of hydrogen-bond acceptors (Lipinski definition) is 3. The first-order chi connectivity index (χ1) is 14.7. The molecule has 3 atom stereocenters. The number of para-hydroxylation sites is 1. The van der Waals surface area contributed by atoms with E-state index in [1.807, 2.05) is 35.2 Å². The summed E-state index contributed by atoms with van der Waals surface area (Å²) in [6.45, 7) is 1.84. The number of nitrogens with zero attached hydrogens (tertiary/aromatic N) is 2. The first kappa shape index (κ1) is 19.9. The SMILES string of the molecule is O=C(Nc1ccc(Cl)cc1)N1C[C@@H]2[C@H](c3ccccc31)[C@@H](CO)N2CC1CCCC1. The van der Waals surface area contributed by atoms with Gasteiger partial charge in [-0.25, -0.2) is 4.79 Å². The summed E-state index contributed by atoms with van der Waals surface area (Å²) in [6, 6.07) is 15.6. The van der Waals surface area contributed by atoms with Gasteiger partial charge in [0.1, 0.15) is 0 Å². The molecule has 3 aliphatic rings. The van der Waals surface area contributed by atoms with Crippen molar-refractivity contribution in [3.05, 3.63) is 59.1 Å². The van der Waals surface area contributed by atoms with Crippen molar-refractivity contribution in [1.29, 1.82) is 0 Å². The van der Waals surface area contributed by atoms with E-state index in [2.05, 4.69) is 16.3 Å². The normalized spacial score (nSPS) is 26.1. The third-order valence-corrected chi connectivity index (χ3v) is 7.36. The van der Waals surface area contributed by atoms with Gasteiger partial charge in [-0.3, -0.25) is 9.80 Å². The Kier molecular flexibility index (Phi) is 5.44. The van der Waals surface area contributed by atoms with Crippen molar-refractivity contribution >= 4 is 29.0 Å². The molecule has 0 unspecified atom stereocenters. The van der Waals surface area contributed by atoms with Gasteiger partial charge < -0.3 is 10.4 Å². The van der Waals surface area contributed by atoms with Crippen molar-refractivity contribution in [3.63, 3.8) is 0 Å². The second-order valence-electron chi connectivity index (χ2n) is 8.80. The van der Waals surface area contributed by atoms with Gasteiger partial charge in [-0.1, -0.05) is 42.6 Å². The molecule has 2 heterocycles. The number of nitrogens with one attached hydrogen (secondary N) is 1. The van der Waals surface area contributed by atoms with Crippen LogP contribution in [0.1, 0.15) is 37.2 Å². The zero-order valence-corrected chi connectivity index (χ0v) is 17.8. The van der Waals surface area contributed by atoms with Crippen molar-refractivity contribution in [1.82, 2.24) is 4.90 Å². The molecule has 2 aromatic carbocycles. The van der Waals surface area contributed by atoms with Crippen molar-refractivity contribution in [2.45, 2.75) is 43.7 Å². The first-order valence-corrected chi connectivity index (χ1v) is 11.3. The van der Waals surface area contributed by atoms with E-state index in [4.69, 9.17) is 11.6 Å². The van der Waals surface area contributed by atoms with Crippen LogP contribution in [-0.4, -0.2) is 47.8 Å².